The first kappa shape index (κ1) is 33.1. The molecule has 5 nitrogen and oxygen atoms in total. The number of hydrogen-bond donors (Lipinski definition) is 1. The molecule has 10 rings (SSSR count). The average Bonchev–Trinajstić information content (AvgIpc) is 3.66. The number of para-hydroxylation sites is 2. The van der Waals surface area contributed by atoms with Gasteiger partial charge in [0.25, 0.3) is 0 Å². The molecule has 0 radical (unpaired) electrons. The van der Waals surface area contributed by atoms with Crippen molar-refractivity contribution in [2.24, 2.45) is 9.98 Å². The molecule has 5 heteroatoms. The molecule has 1 atom stereocenters. The maximum atomic E-state index is 6.66. The van der Waals surface area contributed by atoms with Gasteiger partial charge in [-0.05, 0) is 64.2 Å². The van der Waals surface area contributed by atoms with Crippen molar-refractivity contribution in [3.05, 3.63) is 223 Å². The molecule has 266 valence electrons. The first-order chi connectivity index (χ1) is 27.7. The number of rotatable bonds is 8. The molecular formula is C51H36N4O. The van der Waals surface area contributed by atoms with E-state index in [1.165, 1.54) is 11.1 Å². The van der Waals surface area contributed by atoms with E-state index < -0.39 is 0 Å². The monoisotopic (exact) mass is 720 g/mol. The topological polar surface area (TPSA) is 53.1 Å². The third kappa shape index (κ3) is 6.31. The normalized spacial score (nSPS) is 13.9. The van der Waals surface area contributed by atoms with Crippen LogP contribution in [0, 0.1) is 0 Å². The third-order valence-electron chi connectivity index (χ3n) is 10.3. The Kier molecular flexibility index (Phi) is 8.50. The Labute approximate surface area is 325 Å². The average molecular weight is 721 g/mol. The first-order valence-corrected chi connectivity index (χ1v) is 18.9. The van der Waals surface area contributed by atoms with Gasteiger partial charge in [-0.15, -0.1) is 0 Å². The zero-order chi connectivity index (χ0) is 37.3. The fourth-order valence-corrected chi connectivity index (χ4v) is 7.58. The van der Waals surface area contributed by atoms with Crippen molar-refractivity contribution in [3.63, 3.8) is 0 Å². The second kappa shape index (κ2) is 14.4. The Morgan fingerprint density at radius 3 is 1.62 bits per heavy atom. The van der Waals surface area contributed by atoms with E-state index in [0.29, 0.717) is 5.84 Å². The summed E-state index contributed by atoms with van der Waals surface area (Å²) in [7, 11) is 0. The molecule has 56 heavy (non-hydrogen) atoms. The highest BCUT2D eigenvalue weighted by atomic mass is 16.3. The summed E-state index contributed by atoms with van der Waals surface area (Å²) >= 11 is 0. The zero-order valence-corrected chi connectivity index (χ0v) is 30.5. The molecule has 0 fully saturated rings. The van der Waals surface area contributed by atoms with E-state index in [1.54, 1.807) is 0 Å². The van der Waals surface area contributed by atoms with Gasteiger partial charge in [-0.3, -0.25) is 0 Å². The highest BCUT2D eigenvalue weighted by Gasteiger charge is 2.26. The summed E-state index contributed by atoms with van der Waals surface area (Å²) in [4.78, 5) is 12.9. The molecule has 1 aliphatic heterocycles. The molecule has 0 amide bonds. The van der Waals surface area contributed by atoms with Gasteiger partial charge in [-0.25, -0.2) is 9.98 Å². The number of amidine groups is 2. The lowest BCUT2D eigenvalue weighted by Crippen LogP contribution is -2.33. The number of fused-ring (bicyclic) bond motifs is 3. The minimum atomic E-state index is -0.361. The van der Waals surface area contributed by atoms with Crippen molar-refractivity contribution in [2.75, 3.05) is 4.90 Å². The molecule has 0 saturated heterocycles. The smallest absolute Gasteiger partial charge is 0.160 e. The van der Waals surface area contributed by atoms with E-state index in [2.05, 4.69) is 180 Å². The Morgan fingerprint density at radius 2 is 0.964 bits per heavy atom. The predicted octanol–water partition coefficient (Wildman–Crippen LogP) is 12.9. The fourth-order valence-electron chi connectivity index (χ4n) is 7.58. The maximum absolute atomic E-state index is 6.66. The standard InChI is InChI=1S/C51H36N4O/c1-5-15-35(16-6-1)37-25-27-40(28-26-37)50-52-49(39-19-9-3-10-20-39)53-51(54-50)45-33-43(34-47-48(45)44-23-13-14-24-46(44)56-47)55(41-21-11-4-12-22-41)42-31-29-38(30-32-42)36-17-7-2-8-18-36/h1-34,49H,(H,52,53,54). The highest BCUT2D eigenvalue weighted by molar-refractivity contribution is 6.22. The number of hydrogen-bond acceptors (Lipinski definition) is 5. The van der Waals surface area contributed by atoms with Crippen molar-refractivity contribution in [1.82, 2.24) is 5.32 Å². The van der Waals surface area contributed by atoms with Crippen LogP contribution in [0.15, 0.2) is 221 Å². The number of nitrogens with one attached hydrogen (secondary N) is 1. The maximum Gasteiger partial charge on any atom is 0.160 e. The van der Waals surface area contributed by atoms with E-state index in [1.807, 2.05) is 36.4 Å². The molecule has 0 aliphatic carbocycles. The SMILES string of the molecule is c1ccc(-c2ccc(C3=NC(c4cc(N(c5ccccc5)c5ccc(-c6ccccc6)cc5)cc5oc6ccccc6c45)=NC(c4ccccc4)N3)cc2)cc1. The van der Waals surface area contributed by atoms with Gasteiger partial charge in [0, 0.05) is 39.3 Å². The largest absolute Gasteiger partial charge is 0.456 e. The number of aliphatic imine (C=N–C) groups is 2. The van der Waals surface area contributed by atoms with Crippen molar-refractivity contribution >= 4 is 50.7 Å². The summed E-state index contributed by atoms with van der Waals surface area (Å²) in [5.74, 6) is 1.39. The summed E-state index contributed by atoms with van der Waals surface area (Å²) < 4.78 is 6.66. The second-order valence-electron chi connectivity index (χ2n) is 13.9. The van der Waals surface area contributed by atoms with E-state index in [0.717, 1.165) is 72.7 Å². The number of anilines is 3. The van der Waals surface area contributed by atoms with Crippen molar-refractivity contribution in [2.45, 2.75) is 6.17 Å². The summed E-state index contributed by atoms with van der Waals surface area (Å²) in [6.45, 7) is 0. The lowest BCUT2D eigenvalue weighted by atomic mass is 10.0. The molecule has 0 bridgehead atoms. The van der Waals surface area contributed by atoms with Gasteiger partial charge in [0.15, 0.2) is 5.84 Å². The minimum absolute atomic E-state index is 0.361. The summed E-state index contributed by atoms with van der Waals surface area (Å²) in [6, 6.07) is 71.6. The van der Waals surface area contributed by atoms with Gasteiger partial charge >= 0.3 is 0 Å². The van der Waals surface area contributed by atoms with Gasteiger partial charge in [-0.1, -0.05) is 164 Å². The van der Waals surface area contributed by atoms with Crippen LogP contribution in [0.1, 0.15) is 22.9 Å². The van der Waals surface area contributed by atoms with Gasteiger partial charge in [0.05, 0.1) is 5.69 Å². The van der Waals surface area contributed by atoms with Crippen LogP contribution in [-0.2, 0) is 0 Å². The molecular weight excluding hydrogens is 685 g/mol. The highest BCUT2D eigenvalue weighted by Crippen LogP contribution is 2.41. The molecule has 0 saturated carbocycles. The predicted molar refractivity (Wildman–Crippen MR) is 231 cm³/mol. The number of furan rings is 1. The summed E-state index contributed by atoms with van der Waals surface area (Å²) in [5.41, 5.74) is 12.1. The van der Waals surface area contributed by atoms with Crippen LogP contribution in [-0.4, -0.2) is 11.7 Å². The molecule has 1 aromatic heterocycles. The van der Waals surface area contributed by atoms with E-state index in [4.69, 9.17) is 14.4 Å². The van der Waals surface area contributed by atoms with E-state index in [-0.39, 0.29) is 6.17 Å². The van der Waals surface area contributed by atoms with Gasteiger partial charge in [0.1, 0.15) is 23.2 Å². The summed E-state index contributed by atoms with van der Waals surface area (Å²) in [5, 5.41) is 5.66. The van der Waals surface area contributed by atoms with Crippen LogP contribution in [0.3, 0.4) is 0 Å². The molecule has 8 aromatic carbocycles. The summed E-state index contributed by atoms with van der Waals surface area (Å²) in [6.07, 6.45) is -0.361. The minimum Gasteiger partial charge on any atom is -0.456 e. The Morgan fingerprint density at radius 1 is 0.446 bits per heavy atom. The first-order valence-electron chi connectivity index (χ1n) is 18.9. The number of nitrogens with zero attached hydrogens (tertiary/aromatic N) is 3. The quantitative estimate of drug-likeness (QED) is 0.170. The van der Waals surface area contributed by atoms with Crippen molar-refractivity contribution < 1.29 is 4.42 Å². The van der Waals surface area contributed by atoms with E-state index >= 15 is 0 Å². The lowest BCUT2D eigenvalue weighted by Gasteiger charge is -2.27. The fraction of sp³-hybridized carbons (Fsp3) is 0.0196. The Hall–Kier alpha value is -7.50. The molecule has 2 heterocycles. The van der Waals surface area contributed by atoms with Crippen LogP contribution >= 0.6 is 0 Å². The molecule has 1 N–H and O–H groups in total. The van der Waals surface area contributed by atoms with Crippen LogP contribution in [0.4, 0.5) is 17.1 Å². The zero-order valence-electron chi connectivity index (χ0n) is 30.5. The molecule has 0 spiro atoms. The lowest BCUT2D eigenvalue weighted by molar-refractivity contribution is 0.668. The Balaban J connectivity index is 1.16. The Bertz CT molecular complexity index is 2850. The molecule has 9 aromatic rings. The number of benzene rings is 8. The molecule has 1 aliphatic rings. The van der Waals surface area contributed by atoms with Crippen molar-refractivity contribution in [3.8, 4) is 22.3 Å². The van der Waals surface area contributed by atoms with Crippen LogP contribution < -0.4 is 10.2 Å². The van der Waals surface area contributed by atoms with Gasteiger partial charge < -0.3 is 14.6 Å². The van der Waals surface area contributed by atoms with Crippen molar-refractivity contribution in [1.29, 1.82) is 0 Å². The van der Waals surface area contributed by atoms with Crippen LogP contribution in [0.2, 0.25) is 0 Å². The van der Waals surface area contributed by atoms with Crippen LogP contribution in [0.25, 0.3) is 44.2 Å². The van der Waals surface area contributed by atoms with E-state index in [9.17, 15) is 0 Å². The second-order valence-corrected chi connectivity index (χ2v) is 13.9. The van der Waals surface area contributed by atoms with Crippen LogP contribution in [0.5, 0.6) is 0 Å². The third-order valence-corrected chi connectivity index (χ3v) is 10.3. The van der Waals surface area contributed by atoms with Gasteiger partial charge in [-0.2, -0.15) is 0 Å². The molecule has 1 unspecified atom stereocenters. The van der Waals surface area contributed by atoms with Gasteiger partial charge in [0.2, 0.25) is 0 Å².